The number of hydrogen-bond acceptors (Lipinski definition) is 5. The monoisotopic (exact) mass is 441 g/mol. The number of hydrogen-bond donors (Lipinski definition) is 3. The zero-order chi connectivity index (χ0) is 21.8. The molecule has 0 unspecified atom stereocenters. The van der Waals surface area contributed by atoms with Crippen molar-refractivity contribution in [1.82, 2.24) is 5.32 Å². The quantitative estimate of drug-likeness (QED) is 0.608. The van der Waals surface area contributed by atoms with Crippen LogP contribution in [0, 0.1) is 0 Å². The average Bonchev–Trinajstić information content (AvgIpc) is 3.32. The number of thiocarbonyl (C=S) groups is 1. The summed E-state index contributed by atoms with van der Waals surface area (Å²) in [5.74, 6) is 0.483. The Morgan fingerprint density at radius 1 is 0.968 bits per heavy atom. The predicted molar refractivity (Wildman–Crippen MR) is 123 cm³/mol. The highest BCUT2D eigenvalue weighted by Gasteiger charge is 2.49. The molecule has 31 heavy (non-hydrogen) atoms. The molecule has 0 aromatic heterocycles. The van der Waals surface area contributed by atoms with Crippen LogP contribution in [0.4, 0.5) is 16.2 Å². The van der Waals surface area contributed by atoms with Gasteiger partial charge in [0.1, 0.15) is 12.2 Å². The van der Waals surface area contributed by atoms with Gasteiger partial charge < -0.3 is 24.8 Å². The van der Waals surface area contributed by atoms with Gasteiger partial charge in [-0.1, -0.05) is 44.2 Å². The second-order valence-electron chi connectivity index (χ2n) is 8.01. The Kier molecular flexibility index (Phi) is 6.70. The predicted octanol–water partition coefficient (Wildman–Crippen LogP) is 3.88. The number of rotatable bonds is 5. The van der Waals surface area contributed by atoms with E-state index in [9.17, 15) is 4.79 Å². The van der Waals surface area contributed by atoms with Gasteiger partial charge >= 0.3 is 6.09 Å². The Bertz CT molecular complexity index is 907. The van der Waals surface area contributed by atoms with Gasteiger partial charge in [-0.05, 0) is 48.0 Å². The molecule has 4 rings (SSSR count). The van der Waals surface area contributed by atoms with Crippen molar-refractivity contribution < 1.29 is 19.0 Å². The highest BCUT2D eigenvalue weighted by molar-refractivity contribution is 7.80. The molecule has 2 aliphatic heterocycles. The standard InChI is InChI=1S/C23H27N3O4S/c1-14(2)15-8-10-17(11-9-15)24-22(31)26-18-12-28-21-19(13-29-20(18)21)30-23(27)25-16-6-4-3-5-7-16/h3-11,14,18-21H,12-13H2,1-2H3,(H,25,27)(H2,24,26,31)/t18-,19+,20+,21+/m0/s1. The van der Waals surface area contributed by atoms with Crippen LogP contribution in [0.2, 0.25) is 0 Å². The maximum Gasteiger partial charge on any atom is 0.412 e. The van der Waals surface area contributed by atoms with Gasteiger partial charge in [-0.25, -0.2) is 4.79 Å². The van der Waals surface area contributed by atoms with E-state index in [2.05, 4.69) is 41.9 Å². The average molecular weight is 442 g/mol. The van der Waals surface area contributed by atoms with Crippen LogP contribution >= 0.6 is 12.2 Å². The molecule has 4 atom stereocenters. The second kappa shape index (κ2) is 9.64. The molecule has 0 saturated carbocycles. The third kappa shape index (κ3) is 5.33. The summed E-state index contributed by atoms with van der Waals surface area (Å²) in [5.41, 5.74) is 2.87. The lowest BCUT2D eigenvalue weighted by atomic mass is 10.0. The van der Waals surface area contributed by atoms with E-state index in [0.29, 0.717) is 23.3 Å². The number of ether oxygens (including phenoxy) is 3. The van der Waals surface area contributed by atoms with E-state index in [1.54, 1.807) is 12.1 Å². The van der Waals surface area contributed by atoms with Crippen molar-refractivity contribution in [2.75, 3.05) is 23.8 Å². The zero-order valence-electron chi connectivity index (χ0n) is 17.5. The number of para-hydroxylation sites is 1. The summed E-state index contributed by atoms with van der Waals surface area (Å²) in [4.78, 5) is 12.2. The first-order valence-corrected chi connectivity index (χ1v) is 10.8. The summed E-state index contributed by atoms with van der Waals surface area (Å²) in [6.45, 7) is 5.03. The first kappa shape index (κ1) is 21.5. The van der Waals surface area contributed by atoms with Gasteiger partial charge in [0.05, 0.1) is 19.3 Å². The molecule has 2 aromatic carbocycles. The first-order valence-electron chi connectivity index (χ1n) is 10.4. The van der Waals surface area contributed by atoms with E-state index in [1.807, 2.05) is 30.3 Å². The van der Waals surface area contributed by atoms with Crippen molar-refractivity contribution in [1.29, 1.82) is 0 Å². The van der Waals surface area contributed by atoms with Crippen LogP contribution in [0.3, 0.4) is 0 Å². The van der Waals surface area contributed by atoms with E-state index >= 15 is 0 Å². The van der Waals surface area contributed by atoms with E-state index in [4.69, 9.17) is 26.4 Å². The topological polar surface area (TPSA) is 80.8 Å². The molecule has 7 nitrogen and oxygen atoms in total. The third-order valence-corrected chi connectivity index (χ3v) is 5.66. The molecule has 3 N–H and O–H groups in total. The fraction of sp³-hybridized carbons (Fsp3) is 0.391. The number of amides is 1. The lowest BCUT2D eigenvalue weighted by Gasteiger charge is -2.20. The fourth-order valence-corrected chi connectivity index (χ4v) is 4.05. The number of fused-ring (bicyclic) bond motifs is 1. The molecule has 0 aliphatic carbocycles. The first-order chi connectivity index (χ1) is 15.0. The van der Waals surface area contributed by atoms with Crippen LogP contribution < -0.4 is 16.0 Å². The molecular formula is C23H27N3O4S. The maximum atomic E-state index is 12.2. The van der Waals surface area contributed by atoms with Crippen LogP contribution in [0.5, 0.6) is 0 Å². The highest BCUT2D eigenvalue weighted by Crippen LogP contribution is 2.29. The molecule has 2 fully saturated rings. The summed E-state index contributed by atoms with van der Waals surface area (Å²) >= 11 is 5.46. The van der Waals surface area contributed by atoms with Crippen molar-refractivity contribution in [2.45, 2.75) is 44.1 Å². The van der Waals surface area contributed by atoms with Gasteiger partial charge in [-0.2, -0.15) is 0 Å². The molecule has 2 saturated heterocycles. The summed E-state index contributed by atoms with van der Waals surface area (Å²) in [6, 6.07) is 17.2. The Morgan fingerprint density at radius 2 is 1.65 bits per heavy atom. The number of anilines is 2. The van der Waals surface area contributed by atoms with Gasteiger partial charge in [0.15, 0.2) is 11.2 Å². The minimum absolute atomic E-state index is 0.120. The summed E-state index contributed by atoms with van der Waals surface area (Å²) in [7, 11) is 0. The van der Waals surface area contributed by atoms with E-state index < -0.39 is 12.2 Å². The van der Waals surface area contributed by atoms with E-state index in [0.717, 1.165) is 5.69 Å². The third-order valence-electron chi connectivity index (χ3n) is 5.44. The van der Waals surface area contributed by atoms with Gasteiger partial charge in [-0.3, -0.25) is 5.32 Å². The Morgan fingerprint density at radius 3 is 2.35 bits per heavy atom. The smallest absolute Gasteiger partial charge is 0.412 e. The largest absolute Gasteiger partial charge is 0.441 e. The van der Waals surface area contributed by atoms with Gasteiger partial charge in [0.2, 0.25) is 0 Å². The maximum absolute atomic E-state index is 12.2. The van der Waals surface area contributed by atoms with Crippen molar-refractivity contribution in [3.63, 3.8) is 0 Å². The van der Waals surface area contributed by atoms with Gasteiger partial charge in [0.25, 0.3) is 0 Å². The summed E-state index contributed by atoms with van der Waals surface area (Å²) in [6.07, 6.45) is -1.56. The van der Waals surface area contributed by atoms with E-state index in [-0.39, 0.29) is 24.9 Å². The fourth-order valence-electron chi connectivity index (χ4n) is 3.78. The number of carbonyl (C=O) groups is 1. The van der Waals surface area contributed by atoms with Gasteiger partial charge in [-0.15, -0.1) is 0 Å². The van der Waals surface area contributed by atoms with Crippen LogP contribution in [0.15, 0.2) is 54.6 Å². The van der Waals surface area contributed by atoms with Crippen molar-refractivity contribution in [3.05, 3.63) is 60.2 Å². The molecule has 8 heteroatoms. The van der Waals surface area contributed by atoms with Gasteiger partial charge in [0, 0.05) is 11.4 Å². The van der Waals surface area contributed by atoms with Crippen molar-refractivity contribution in [2.24, 2.45) is 0 Å². The molecule has 0 bridgehead atoms. The van der Waals surface area contributed by atoms with E-state index in [1.165, 1.54) is 5.56 Å². The highest BCUT2D eigenvalue weighted by atomic mass is 32.1. The Balaban J connectivity index is 1.26. The molecule has 0 spiro atoms. The van der Waals surface area contributed by atoms with Crippen LogP contribution in [-0.4, -0.2) is 48.8 Å². The molecule has 0 radical (unpaired) electrons. The van der Waals surface area contributed by atoms with Crippen molar-refractivity contribution in [3.8, 4) is 0 Å². The molecule has 2 heterocycles. The van der Waals surface area contributed by atoms with Crippen LogP contribution in [0.25, 0.3) is 0 Å². The summed E-state index contributed by atoms with van der Waals surface area (Å²) in [5, 5.41) is 9.68. The minimum Gasteiger partial charge on any atom is -0.441 e. The minimum atomic E-state index is -0.525. The lowest BCUT2D eigenvalue weighted by Crippen LogP contribution is -2.46. The molecule has 1 amide bonds. The number of carbonyl (C=O) groups excluding carboxylic acids is 1. The number of nitrogens with one attached hydrogen (secondary N) is 3. The normalized spacial score (nSPS) is 24.5. The zero-order valence-corrected chi connectivity index (χ0v) is 18.4. The van der Waals surface area contributed by atoms with Crippen LogP contribution in [-0.2, 0) is 14.2 Å². The molecular weight excluding hydrogens is 414 g/mol. The van der Waals surface area contributed by atoms with Crippen LogP contribution in [0.1, 0.15) is 25.3 Å². The van der Waals surface area contributed by atoms with Crippen molar-refractivity contribution >= 4 is 34.8 Å². The summed E-state index contributed by atoms with van der Waals surface area (Å²) < 4.78 is 17.3. The Labute approximate surface area is 187 Å². The second-order valence-corrected chi connectivity index (χ2v) is 8.42. The Hall–Kier alpha value is -2.68. The lowest BCUT2D eigenvalue weighted by molar-refractivity contribution is 0.00880. The number of benzene rings is 2. The molecule has 2 aromatic rings. The SMILES string of the molecule is CC(C)c1ccc(NC(=S)N[C@H]2CO[C@H]3[C@@H]2OC[C@H]3OC(=O)Nc2ccccc2)cc1. The molecule has 164 valence electrons. The molecule has 2 aliphatic rings.